The maximum atomic E-state index is 12.1. The Balaban J connectivity index is 2.05. The van der Waals surface area contributed by atoms with Gasteiger partial charge in [-0.15, -0.1) is 22.9 Å². The van der Waals surface area contributed by atoms with Gasteiger partial charge in [-0.3, -0.25) is 4.79 Å². The van der Waals surface area contributed by atoms with Gasteiger partial charge in [-0.25, -0.2) is 0 Å². The predicted octanol–water partition coefficient (Wildman–Crippen LogP) is 4.18. The Morgan fingerprint density at radius 1 is 1.41 bits per heavy atom. The number of rotatable bonds is 3. The first-order valence-corrected chi connectivity index (χ1v) is 7.93. The van der Waals surface area contributed by atoms with Crippen molar-refractivity contribution in [3.63, 3.8) is 0 Å². The van der Waals surface area contributed by atoms with E-state index >= 15 is 0 Å². The van der Waals surface area contributed by atoms with Crippen LogP contribution in [0.3, 0.4) is 0 Å². The summed E-state index contributed by atoms with van der Waals surface area (Å²) in [5.41, 5.74) is -0.187. The van der Waals surface area contributed by atoms with E-state index in [-0.39, 0.29) is 11.4 Å². The SMILES string of the molecule is O=C(NC1(CCl)CCCCC1)c1ccc(Br)s1. The Morgan fingerprint density at radius 3 is 2.65 bits per heavy atom. The number of carbonyl (C=O) groups excluding carboxylic acids is 1. The van der Waals surface area contributed by atoms with Crippen LogP contribution in [0.1, 0.15) is 41.8 Å². The van der Waals surface area contributed by atoms with Crippen LogP contribution >= 0.6 is 38.9 Å². The molecule has 0 atom stereocenters. The van der Waals surface area contributed by atoms with E-state index in [1.165, 1.54) is 17.8 Å². The Labute approximate surface area is 119 Å². The Bertz CT molecular complexity index is 401. The standard InChI is InChI=1S/C12H15BrClNOS/c13-10-5-4-9(17-10)11(16)15-12(8-14)6-2-1-3-7-12/h4-5H,1-3,6-8H2,(H,15,16). The number of halogens is 2. The van der Waals surface area contributed by atoms with Crippen molar-refractivity contribution in [2.45, 2.75) is 37.6 Å². The molecule has 1 heterocycles. The molecule has 0 spiro atoms. The monoisotopic (exact) mass is 335 g/mol. The zero-order valence-corrected chi connectivity index (χ0v) is 12.6. The molecule has 1 aliphatic carbocycles. The summed E-state index contributed by atoms with van der Waals surface area (Å²) in [6, 6.07) is 3.74. The van der Waals surface area contributed by atoms with Gasteiger partial charge in [0.15, 0.2) is 0 Å². The van der Waals surface area contributed by atoms with Crippen LogP contribution in [0.15, 0.2) is 15.9 Å². The number of alkyl halides is 1. The van der Waals surface area contributed by atoms with Gasteiger partial charge in [-0.1, -0.05) is 19.3 Å². The van der Waals surface area contributed by atoms with Crippen molar-refractivity contribution in [1.82, 2.24) is 5.32 Å². The summed E-state index contributed by atoms with van der Waals surface area (Å²) in [5.74, 6) is 0.508. The molecule has 1 aromatic rings. The zero-order chi connectivity index (χ0) is 12.3. The first-order valence-electron chi connectivity index (χ1n) is 5.79. The molecule has 0 unspecified atom stereocenters. The van der Waals surface area contributed by atoms with Crippen molar-refractivity contribution in [3.05, 3.63) is 20.8 Å². The van der Waals surface area contributed by atoms with Gasteiger partial charge >= 0.3 is 0 Å². The molecule has 0 radical (unpaired) electrons. The van der Waals surface area contributed by atoms with Crippen LogP contribution in [0.4, 0.5) is 0 Å². The highest BCUT2D eigenvalue weighted by atomic mass is 79.9. The normalized spacial score (nSPS) is 18.9. The molecule has 1 saturated carbocycles. The Hall–Kier alpha value is -0.0600. The highest BCUT2D eigenvalue weighted by Gasteiger charge is 2.33. The van der Waals surface area contributed by atoms with Crippen molar-refractivity contribution < 1.29 is 4.79 Å². The summed E-state index contributed by atoms with van der Waals surface area (Å²) in [6.45, 7) is 0. The van der Waals surface area contributed by atoms with Crippen LogP contribution in [0.2, 0.25) is 0 Å². The van der Waals surface area contributed by atoms with Crippen LogP contribution in [-0.2, 0) is 0 Å². The van der Waals surface area contributed by atoms with Crippen LogP contribution in [0.25, 0.3) is 0 Å². The third-order valence-corrected chi connectivity index (χ3v) is 5.38. The minimum Gasteiger partial charge on any atom is -0.345 e. The maximum Gasteiger partial charge on any atom is 0.261 e. The topological polar surface area (TPSA) is 29.1 Å². The lowest BCUT2D eigenvalue weighted by Crippen LogP contribution is -2.51. The van der Waals surface area contributed by atoms with E-state index in [2.05, 4.69) is 21.2 Å². The van der Waals surface area contributed by atoms with Gasteiger partial charge in [-0.05, 0) is 40.9 Å². The Kier molecular flexibility index (Phi) is 4.50. The quantitative estimate of drug-likeness (QED) is 0.824. The molecular weight excluding hydrogens is 322 g/mol. The first-order chi connectivity index (χ1) is 8.15. The third-order valence-electron chi connectivity index (χ3n) is 3.24. The molecule has 1 amide bonds. The second kappa shape index (κ2) is 5.72. The van der Waals surface area contributed by atoms with E-state index in [0.29, 0.717) is 5.88 Å². The smallest absolute Gasteiger partial charge is 0.261 e. The molecule has 17 heavy (non-hydrogen) atoms. The van der Waals surface area contributed by atoms with E-state index in [0.717, 1.165) is 34.3 Å². The summed E-state index contributed by atoms with van der Waals surface area (Å²) in [7, 11) is 0. The fourth-order valence-electron chi connectivity index (χ4n) is 2.26. The molecule has 0 saturated heterocycles. The van der Waals surface area contributed by atoms with Crippen molar-refractivity contribution in [2.24, 2.45) is 0 Å². The van der Waals surface area contributed by atoms with Crippen molar-refractivity contribution in [2.75, 3.05) is 5.88 Å². The van der Waals surface area contributed by atoms with E-state index in [1.807, 2.05) is 12.1 Å². The molecule has 1 aliphatic rings. The number of hydrogen-bond acceptors (Lipinski definition) is 2. The largest absolute Gasteiger partial charge is 0.345 e. The van der Waals surface area contributed by atoms with Gasteiger partial charge in [0, 0.05) is 5.88 Å². The van der Waals surface area contributed by atoms with E-state index < -0.39 is 0 Å². The molecule has 1 fully saturated rings. The second-order valence-corrected chi connectivity index (χ2v) is 7.26. The second-order valence-electron chi connectivity index (χ2n) is 4.53. The fraction of sp³-hybridized carbons (Fsp3) is 0.583. The van der Waals surface area contributed by atoms with E-state index in [9.17, 15) is 4.79 Å². The summed E-state index contributed by atoms with van der Waals surface area (Å²) >= 11 is 10.9. The van der Waals surface area contributed by atoms with Gasteiger partial charge < -0.3 is 5.32 Å². The molecule has 5 heteroatoms. The van der Waals surface area contributed by atoms with Gasteiger partial charge in [0.05, 0.1) is 14.2 Å². The number of carbonyl (C=O) groups is 1. The molecule has 94 valence electrons. The fourth-order valence-corrected chi connectivity index (χ4v) is 3.87. The first kappa shape index (κ1) is 13.4. The third kappa shape index (κ3) is 3.24. The lowest BCUT2D eigenvalue weighted by molar-refractivity contribution is 0.0889. The molecule has 1 N–H and O–H groups in total. The van der Waals surface area contributed by atoms with E-state index in [4.69, 9.17) is 11.6 Å². The lowest BCUT2D eigenvalue weighted by atomic mass is 9.83. The number of thiophene rings is 1. The van der Waals surface area contributed by atoms with Crippen LogP contribution in [0.5, 0.6) is 0 Å². The van der Waals surface area contributed by atoms with Crippen LogP contribution in [-0.4, -0.2) is 17.3 Å². The van der Waals surface area contributed by atoms with Gasteiger partial charge in [0.25, 0.3) is 5.91 Å². The number of hydrogen-bond donors (Lipinski definition) is 1. The summed E-state index contributed by atoms with van der Waals surface area (Å²) in [5, 5.41) is 3.13. The summed E-state index contributed by atoms with van der Waals surface area (Å²) < 4.78 is 0.978. The molecule has 0 aliphatic heterocycles. The highest BCUT2D eigenvalue weighted by Crippen LogP contribution is 2.30. The maximum absolute atomic E-state index is 12.1. The minimum atomic E-state index is -0.187. The zero-order valence-electron chi connectivity index (χ0n) is 9.47. The highest BCUT2D eigenvalue weighted by molar-refractivity contribution is 9.11. The van der Waals surface area contributed by atoms with Crippen molar-refractivity contribution >= 4 is 44.8 Å². The van der Waals surface area contributed by atoms with Gasteiger partial charge in [0.2, 0.25) is 0 Å². The average molecular weight is 337 g/mol. The lowest BCUT2D eigenvalue weighted by Gasteiger charge is -2.36. The minimum absolute atomic E-state index is 0.00301. The van der Waals surface area contributed by atoms with Crippen LogP contribution in [0, 0.1) is 0 Å². The van der Waals surface area contributed by atoms with Crippen LogP contribution < -0.4 is 5.32 Å². The molecule has 0 bridgehead atoms. The molecule has 1 aromatic heterocycles. The molecule has 2 nitrogen and oxygen atoms in total. The Morgan fingerprint density at radius 2 is 2.12 bits per heavy atom. The number of nitrogens with one attached hydrogen (secondary N) is 1. The predicted molar refractivity (Wildman–Crippen MR) is 76.0 cm³/mol. The molecular formula is C12H15BrClNOS. The molecule has 0 aromatic carbocycles. The average Bonchev–Trinajstić information content (AvgIpc) is 2.77. The summed E-state index contributed by atoms with van der Waals surface area (Å²) in [6.07, 6.45) is 5.55. The number of amides is 1. The van der Waals surface area contributed by atoms with Gasteiger partial charge in [0.1, 0.15) is 0 Å². The molecule has 2 rings (SSSR count). The van der Waals surface area contributed by atoms with Crippen molar-refractivity contribution in [3.8, 4) is 0 Å². The van der Waals surface area contributed by atoms with Gasteiger partial charge in [-0.2, -0.15) is 0 Å². The van der Waals surface area contributed by atoms with E-state index in [1.54, 1.807) is 0 Å². The summed E-state index contributed by atoms with van der Waals surface area (Å²) in [4.78, 5) is 12.9. The van der Waals surface area contributed by atoms with Crippen molar-refractivity contribution in [1.29, 1.82) is 0 Å².